The third-order valence-electron chi connectivity index (χ3n) is 5.72. The van der Waals surface area contributed by atoms with Crippen molar-refractivity contribution in [1.29, 1.82) is 0 Å². The van der Waals surface area contributed by atoms with Gasteiger partial charge in [-0.2, -0.15) is 0 Å². The number of carbonyl (C=O) groups excluding carboxylic acids is 2. The molecule has 170 valence electrons. The zero-order valence-corrected chi connectivity index (χ0v) is 18.7. The first-order valence-corrected chi connectivity index (χ1v) is 11.4. The molecule has 3 rings (SSSR count). The van der Waals surface area contributed by atoms with Crippen LogP contribution >= 0.6 is 0 Å². The lowest BCUT2D eigenvalue weighted by atomic mass is 10.1. The minimum atomic E-state index is -0.229. The highest BCUT2D eigenvalue weighted by molar-refractivity contribution is 5.80. The number of piperidine rings is 1. The Balaban J connectivity index is 1.39. The predicted octanol–water partition coefficient (Wildman–Crippen LogP) is 2.49. The summed E-state index contributed by atoms with van der Waals surface area (Å²) in [5.74, 6) is 0.966. The zero-order chi connectivity index (χ0) is 22.1. The van der Waals surface area contributed by atoms with Crippen molar-refractivity contribution in [3.8, 4) is 0 Å². The van der Waals surface area contributed by atoms with Crippen LogP contribution in [0.15, 0.2) is 29.3 Å². The molecule has 0 unspecified atom stereocenters. The highest BCUT2D eigenvalue weighted by atomic mass is 16.6. The molecule has 8 heteroatoms. The van der Waals surface area contributed by atoms with Crippen molar-refractivity contribution in [3.63, 3.8) is 0 Å². The molecular formula is C23H35N5O3. The number of hydrogen-bond acceptors (Lipinski definition) is 4. The average molecular weight is 430 g/mol. The second-order valence-electron chi connectivity index (χ2n) is 7.99. The summed E-state index contributed by atoms with van der Waals surface area (Å²) in [7, 11) is 0. The van der Waals surface area contributed by atoms with Crippen LogP contribution in [0.25, 0.3) is 0 Å². The summed E-state index contributed by atoms with van der Waals surface area (Å²) in [5, 5.41) is 6.75. The summed E-state index contributed by atoms with van der Waals surface area (Å²) >= 11 is 0. The Hall–Kier alpha value is -2.77. The van der Waals surface area contributed by atoms with Crippen LogP contribution in [-0.2, 0) is 22.6 Å². The lowest BCUT2D eigenvalue weighted by Crippen LogP contribution is -2.49. The van der Waals surface area contributed by atoms with Gasteiger partial charge in [0.05, 0.1) is 6.61 Å². The molecule has 8 nitrogen and oxygen atoms in total. The number of benzene rings is 1. The molecule has 2 N–H and O–H groups in total. The van der Waals surface area contributed by atoms with Crippen LogP contribution in [0.3, 0.4) is 0 Å². The molecule has 1 aromatic carbocycles. The van der Waals surface area contributed by atoms with Crippen LogP contribution in [0.2, 0.25) is 0 Å². The minimum Gasteiger partial charge on any atom is -0.450 e. The second-order valence-corrected chi connectivity index (χ2v) is 7.99. The maximum atomic E-state index is 12.5. The van der Waals surface area contributed by atoms with E-state index in [9.17, 15) is 9.59 Å². The van der Waals surface area contributed by atoms with Gasteiger partial charge in [0.1, 0.15) is 0 Å². The number of fused-ring (bicyclic) bond motifs is 1. The molecule has 0 bridgehead atoms. The Morgan fingerprint density at radius 1 is 1.10 bits per heavy atom. The van der Waals surface area contributed by atoms with E-state index in [1.807, 2.05) is 30.9 Å². The minimum absolute atomic E-state index is 0.190. The van der Waals surface area contributed by atoms with E-state index in [-0.39, 0.29) is 18.0 Å². The van der Waals surface area contributed by atoms with E-state index in [0.717, 1.165) is 31.8 Å². The van der Waals surface area contributed by atoms with E-state index in [0.29, 0.717) is 45.8 Å². The summed E-state index contributed by atoms with van der Waals surface area (Å²) in [6, 6.07) is 8.51. The van der Waals surface area contributed by atoms with Crippen molar-refractivity contribution in [2.24, 2.45) is 4.99 Å². The summed E-state index contributed by atoms with van der Waals surface area (Å²) in [4.78, 5) is 32.7. The maximum absolute atomic E-state index is 12.5. The van der Waals surface area contributed by atoms with Gasteiger partial charge in [0.15, 0.2) is 5.96 Å². The molecule has 2 aliphatic heterocycles. The number of carbonyl (C=O) groups is 2. The molecular weight excluding hydrogens is 394 g/mol. The Labute approximate surface area is 185 Å². The standard InChI is InChI=1S/C23H35N5O3/c1-3-24-22(26-20-11-14-27(15-12-20)23(30)31-4-2)25-13-7-10-21(29)28-16-18-8-5-6-9-19(18)17-28/h5-6,8-9,20H,3-4,7,10-17H2,1-2H3,(H2,24,25,26). The highest BCUT2D eigenvalue weighted by Crippen LogP contribution is 2.22. The van der Waals surface area contributed by atoms with Crippen molar-refractivity contribution in [2.75, 3.05) is 32.8 Å². The summed E-state index contributed by atoms with van der Waals surface area (Å²) in [6.45, 7) is 8.44. The van der Waals surface area contributed by atoms with Gasteiger partial charge >= 0.3 is 6.09 Å². The molecule has 1 fully saturated rings. The van der Waals surface area contributed by atoms with Crippen LogP contribution in [-0.4, -0.2) is 66.6 Å². The third kappa shape index (κ3) is 6.60. The van der Waals surface area contributed by atoms with Crippen LogP contribution in [0.4, 0.5) is 4.79 Å². The quantitative estimate of drug-likeness (QED) is 0.395. The predicted molar refractivity (Wildman–Crippen MR) is 121 cm³/mol. The van der Waals surface area contributed by atoms with Crippen LogP contribution in [0.1, 0.15) is 50.7 Å². The molecule has 2 heterocycles. The maximum Gasteiger partial charge on any atom is 0.409 e. The third-order valence-corrected chi connectivity index (χ3v) is 5.72. The Morgan fingerprint density at radius 2 is 1.77 bits per heavy atom. The van der Waals surface area contributed by atoms with Crippen molar-refractivity contribution >= 4 is 18.0 Å². The number of hydrogen-bond donors (Lipinski definition) is 2. The van der Waals surface area contributed by atoms with Gasteiger partial charge in [0.2, 0.25) is 5.91 Å². The van der Waals surface area contributed by atoms with Crippen LogP contribution in [0.5, 0.6) is 0 Å². The summed E-state index contributed by atoms with van der Waals surface area (Å²) in [6.07, 6.45) is 2.72. The van der Waals surface area contributed by atoms with E-state index >= 15 is 0 Å². The molecule has 1 aromatic rings. The summed E-state index contributed by atoms with van der Waals surface area (Å²) < 4.78 is 5.08. The molecule has 0 aliphatic carbocycles. The van der Waals surface area contributed by atoms with Gasteiger partial charge in [-0.15, -0.1) is 0 Å². The molecule has 1 saturated heterocycles. The molecule has 0 atom stereocenters. The first-order valence-electron chi connectivity index (χ1n) is 11.4. The number of amides is 2. The van der Waals surface area contributed by atoms with Crippen LogP contribution in [0, 0.1) is 0 Å². The largest absolute Gasteiger partial charge is 0.450 e. The SMILES string of the molecule is CCNC(=NCCCC(=O)N1Cc2ccccc2C1)NC1CCN(C(=O)OCC)CC1. The Bertz CT molecular complexity index is 749. The fourth-order valence-corrected chi connectivity index (χ4v) is 4.02. The van der Waals surface area contributed by atoms with Gasteiger partial charge in [-0.1, -0.05) is 24.3 Å². The number of nitrogens with zero attached hydrogens (tertiary/aromatic N) is 3. The first kappa shape index (κ1) is 22.9. The monoisotopic (exact) mass is 429 g/mol. The topological polar surface area (TPSA) is 86.3 Å². The lowest BCUT2D eigenvalue weighted by Gasteiger charge is -2.32. The molecule has 0 saturated carbocycles. The second kappa shape index (κ2) is 11.6. The van der Waals surface area contributed by atoms with Gasteiger partial charge < -0.3 is 25.2 Å². The molecule has 0 spiro atoms. The van der Waals surface area contributed by atoms with Gasteiger partial charge in [-0.3, -0.25) is 9.79 Å². The average Bonchev–Trinajstić information content (AvgIpc) is 3.22. The number of nitrogens with one attached hydrogen (secondary N) is 2. The molecule has 2 amide bonds. The fraction of sp³-hybridized carbons (Fsp3) is 0.609. The van der Waals surface area contributed by atoms with Crippen LogP contribution < -0.4 is 10.6 Å². The molecule has 31 heavy (non-hydrogen) atoms. The van der Waals surface area contributed by atoms with Crippen molar-refractivity contribution in [1.82, 2.24) is 20.4 Å². The van der Waals surface area contributed by atoms with Gasteiger partial charge in [0, 0.05) is 51.7 Å². The number of guanidine groups is 1. The Kier molecular flexibility index (Phi) is 8.55. The summed E-state index contributed by atoms with van der Waals surface area (Å²) in [5.41, 5.74) is 2.50. The van der Waals surface area contributed by atoms with Gasteiger partial charge in [-0.05, 0) is 44.2 Å². The van der Waals surface area contributed by atoms with Gasteiger partial charge in [0.25, 0.3) is 0 Å². The molecule has 2 aliphatic rings. The van der Waals surface area contributed by atoms with Crippen molar-refractivity contribution < 1.29 is 14.3 Å². The molecule has 0 radical (unpaired) electrons. The van der Waals surface area contributed by atoms with Crippen molar-refractivity contribution in [2.45, 2.75) is 58.7 Å². The van der Waals surface area contributed by atoms with Gasteiger partial charge in [-0.25, -0.2) is 4.79 Å². The lowest BCUT2D eigenvalue weighted by molar-refractivity contribution is -0.131. The van der Waals surface area contributed by atoms with E-state index in [1.165, 1.54) is 11.1 Å². The van der Waals surface area contributed by atoms with Crippen molar-refractivity contribution in [3.05, 3.63) is 35.4 Å². The number of aliphatic imine (C=N–C) groups is 1. The number of rotatable bonds is 7. The molecule has 0 aromatic heterocycles. The van der Waals surface area contributed by atoms with E-state index in [1.54, 1.807) is 4.90 Å². The van der Waals surface area contributed by atoms with E-state index in [4.69, 9.17) is 4.74 Å². The van der Waals surface area contributed by atoms with E-state index in [2.05, 4.69) is 27.8 Å². The van der Waals surface area contributed by atoms with E-state index < -0.39 is 0 Å². The normalized spacial score (nSPS) is 16.8. The zero-order valence-electron chi connectivity index (χ0n) is 18.7. The Morgan fingerprint density at radius 3 is 2.39 bits per heavy atom. The number of likely N-dealkylation sites (tertiary alicyclic amines) is 1. The first-order chi connectivity index (χ1) is 15.1. The number of ether oxygens (including phenoxy) is 1. The smallest absolute Gasteiger partial charge is 0.409 e. The highest BCUT2D eigenvalue weighted by Gasteiger charge is 2.24. The fourth-order valence-electron chi connectivity index (χ4n) is 4.02.